The van der Waals surface area contributed by atoms with Gasteiger partial charge in [0.1, 0.15) is 5.75 Å². The second kappa shape index (κ2) is 15.4. The van der Waals surface area contributed by atoms with Crippen LogP contribution < -0.4 is 10.1 Å². The number of nitrogens with one attached hydrogen (secondary N) is 1. The lowest BCUT2D eigenvalue weighted by atomic mass is 10.1. The van der Waals surface area contributed by atoms with Gasteiger partial charge in [-0.2, -0.15) is 0 Å². The minimum atomic E-state index is -0.201. The lowest BCUT2D eigenvalue weighted by Gasteiger charge is -2.31. The number of hydrogen-bond acceptors (Lipinski definition) is 5. The maximum Gasteiger partial charge on any atom is 0.255 e. The molecule has 0 aromatic heterocycles. The first-order chi connectivity index (χ1) is 17.5. The molecule has 36 heavy (non-hydrogen) atoms. The van der Waals surface area contributed by atoms with Crippen molar-refractivity contribution in [2.24, 2.45) is 0 Å². The predicted octanol–water partition coefficient (Wildman–Crippen LogP) is 5.89. The van der Waals surface area contributed by atoms with E-state index in [2.05, 4.69) is 29.1 Å². The number of carbonyl (C=O) groups is 2. The zero-order valence-corrected chi connectivity index (χ0v) is 22.1. The molecule has 196 valence electrons. The molecule has 0 spiro atoms. The van der Waals surface area contributed by atoms with Gasteiger partial charge >= 0.3 is 0 Å². The molecule has 1 N–H and O–H groups in total. The van der Waals surface area contributed by atoms with Crippen molar-refractivity contribution in [3.63, 3.8) is 0 Å². The summed E-state index contributed by atoms with van der Waals surface area (Å²) in [7, 11) is 2.10. The summed E-state index contributed by atoms with van der Waals surface area (Å²) in [6.07, 6.45) is 10.2. The van der Waals surface area contributed by atoms with Gasteiger partial charge in [-0.25, -0.2) is 0 Å². The number of ether oxygens (including phenoxy) is 1. The average Bonchev–Trinajstić information content (AvgIpc) is 2.89. The summed E-state index contributed by atoms with van der Waals surface area (Å²) in [5.74, 6) is 0.660. The third kappa shape index (κ3) is 9.75. The number of anilines is 1. The largest absolute Gasteiger partial charge is 0.494 e. The Kier molecular flexibility index (Phi) is 11.9. The summed E-state index contributed by atoms with van der Waals surface area (Å²) in [5, 5.41) is 2.91. The molecule has 0 bridgehead atoms. The number of Topliss-reactive ketones (excluding diaryl/α,β-unsaturated/α-hetero) is 1. The average molecular weight is 494 g/mol. The Bertz CT molecular complexity index is 937. The fraction of sp³-hybridized carbons (Fsp3) is 0.533. The predicted molar refractivity (Wildman–Crippen MR) is 147 cm³/mol. The molecule has 3 rings (SSSR count). The van der Waals surface area contributed by atoms with Gasteiger partial charge in [-0.15, -0.1) is 0 Å². The lowest BCUT2D eigenvalue weighted by Crippen LogP contribution is -2.46. The van der Waals surface area contributed by atoms with E-state index in [1.165, 1.54) is 44.9 Å². The molecular weight excluding hydrogens is 450 g/mol. The molecule has 0 atom stereocenters. The molecule has 2 aromatic rings. The third-order valence-electron chi connectivity index (χ3n) is 6.79. The van der Waals surface area contributed by atoms with Crippen LogP contribution in [0, 0.1) is 0 Å². The van der Waals surface area contributed by atoms with Crippen LogP contribution in [0.2, 0.25) is 0 Å². The first kappa shape index (κ1) is 27.9. The number of piperazine rings is 1. The van der Waals surface area contributed by atoms with Crippen LogP contribution in [0.4, 0.5) is 5.69 Å². The van der Waals surface area contributed by atoms with E-state index >= 15 is 0 Å². The van der Waals surface area contributed by atoms with Crippen molar-refractivity contribution >= 4 is 17.4 Å². The second-order valence-corrected chi connectivity index (χ2v) is 9.89. The highest BCUT2D eigenvalue weighted by atomic mass is 16.5. The van der Waals surface area contributed by atoms with Gasteiger partial charge in [-0.05, 0) is 49.9 Å². The van der Waals surface area contributed by atoms with E-state index in [0.29, 0.717) is 30.0 Å². The number of benzene rings is 2. The van der Waals surface area contributed by atoms with E-state index in [-0.39, 0.29) is 11.7 Å². The first-order valence-corrected chi connectivity index (χ1v) is 13.6. The van der Waals surface area contributed by atoms with Gasteiger partial charge in [-0.3, -0.25) is 14.5 Å². The Balaban J connectivity index is 1.40. The van der Waals surface area contributed by atoms with Crippen molar-refractivity contribution in [2.45, 2.75) is 58.3 Å². The Morgan fingerprint density at radius 1 is 0.833 bits per heavy atom. The Morgan fingerprint density at radius 3 is 2.19 bits per heavy atom. The van der Waals surface area contributed by atoms with Crippen LogP contribution in [0.15, 0.2) is 48.5 Å². The fourth-order valence-electron chi connectivity index (χ4n) is 4.40. The van der Waals surface area contributed by atoms with Gasteiger partial charge in [0.15, 0.2) is 5.78 Å². The van der Waals surface area contributed by atoms with E-state index in [1.54, 1.807) is 18.2 Å². The van der Waals surface area contributed by atoms with E-state index < -0.39 is 0 Å². The molecule has 2 aromatic carbocycles. The van der Waals surface area contributed by atoms with E-state index in [9.17, 15) is 9.59 Å². The number of ketones is 1. The summed E-state index contributed by atoms with van der Waals surface area (Å²) >= 11 is 0. The van der Waals surface area contributed by atoms with Crippen molar-refractivity contribution in [1.29, 1.82) is 0 Å². The maximum absolute atomic E-state index is 12.8. The highest BCUT2D eigenvalue weighted by Gasteiger charge is 2.18. The van der Waals surface area contributed by atoms with Crippen molar-refractivity contribution in [2.75, 3.05) is 51.7 Å². The lowest BCUT2D eigenvalue weighted by molar-refractivity contribution is 0.0876. The third-order valence-corrected chi connectivity index (χ3v) is 6.79. The molecule has 1 amide bonds. The number of hydrogen-bond donors (Lipinski definition) is 1. The molecule has 0 aliphatic carbocycles. The fourth-order valence-corrected chi connectivity index (χ4v) is 4.40. The smallest absolute Gasteiger partial charge is 0.255 e. The van der Waals surface area contributed by atoms with E-state index in [0.717, 1.165) is 38.3 Å². The molecule has 0 unspecified atom stereocenters. The van der Waals surface area contributed by atoms with Crippen molar-refractivity contribution in [3.05, 3.63) is 59.7 Å². The minimum Gasteiger partial charge on any atom is -0.494 e. The van der Waals surface area contributed by atoms with Crippen LogP contribution >= 0.6 is 0 Å². The first-order valence-electron chi connectivity index (χ1n) is 13.6. The molecule has 0 saturated carbocycles. The number of carbonyl (C=O) groups excluding carboxylic acids is 2. The highest BCUT2D eigenvalue weighted by Crippen LogP contribution is 2.17. The van der Waals surface area contributed by atoms with Crippen molar-refractivity contribution in [1.82, 2.24) is 9.80 Å². The Hall–Kier alpha value is -2.70. The molecule has 1 aliphatic heterocycles. The van der Waals surface area contributed by atoms with Crippen LogP contribution in [0.3, 0.4) is 0 Å². The molecular formula is C30H43N3O3. The zero-order valence-electron chi connectivity index (χ0n) is 22.1. The summed E-state index contributed by atoms with van der Waals surface area (Å²) in [6, 6.07) is 14.4. The van der Waals surface area contributed by atoms with Crippen molar-refractivity contribution < 1.29 is 14.3 Å². The topological polar surface area (TPSA) is 61.9 Å². The number of rotatable bonds is 15. The molecule has 6 heteroatoms. The Labute approximate surface area is 217 Å². The quantitative estimate of drug-likeness (QED) is 0.248. The Morgan fingerprint density at radius 2 is 1.50 bits per heavy atom. The van der Waals surface area contributed by atoms with Gasteiger partial charge in [-0.1, -0.05) is 64.0 Å². The maximum atomic E-state index is 12.8. The van der Waals surface area contributed by atoms with Crippen LogP contribution in [0.25, 0.3) is 0 Å². The number of nitrogens with zero attached hydrogens (tertiary/aromatic N) is 2. The van der Waals surface area contributed by atoms with Gasteiger partial charge in [0.25, 0.3) is 5.91 Å². The van der Waals surface area contributed by atoms with Gasteiger partial charge in [0.05, 0.1) is 13.2 Å². The second-order valence-electron chi connectivity index (χ2n) is 9.89. The van der Waals surface area contributed by atoms with E-state index in [1.807, 2.05) is 30.3 Å². The summed E-state index contributed by atoms with van der Waals surface area (Å²) in [5.41, 5.74) is 1.80. The number of likely N-dealkylation sites (N-methyl/N-ethyl adjacent to an activating group) is 1. The van der Waals surface area contributed by atoms with Gasteiger partial charge < -0.3 is 15.0 Å². The standard InChI is InChI=1S/C30H43N3O3/c1-3-4-5-6-7-8-9-10-22-36-28-16-14-25(15-17-28)30(35)31-27-13-11-12-26(23-27)29(34)24-33-20-18-32(2)19-21-33/h11-17,23H,3-10,18-22,24H2,1-2H3,(H,31,35). The van der Waals surface area contributed by atoms with Gasteiger partial charge in [0.2, 0.25) is 0 Å². The monoisotopic (exact) mass is 493 g/mol. The van der Waals surface area contributed by atoms with Crippen LogP contribution in [0.1, 0.15) is 79.0 Å². The van der Waals surface area contributed by atoms with Crippen LogP contribution in [0.5, 0.6) is 5.75 Å². The normalized spacial score (nSPS) is 14.5. The summed E-state index contributed by atoms with van der Waals surface area (Å²) in [6.45, 7) is 7.12. The van der Waals surface area contributed by atoms with Crippen molar-refractivity contribution in [3.8, 4) is 5.75 Å². The van der Waals surface area contributed by atoms with Crippen LogP contribution in [-0.2, 0) is 0 Å². The molecule has 1 fully saturated rings. The van der Waals surface area contributed by atoms with E-state index in [4.69, 9.17) is 4.74 Å². The summed E-state index contributed by atoms with van der Waals surface area (Å²) < 4.78 is 5.84. The molecule has 6 nitrogen and oxygen atoms in total. The number of amides is 1. The molecule has 1 aliphatic rings. The van der Waals surface area contributed by atoms with Crippen LogP contribution in [-0.4, -0.2) is 67.9 Å². The number of unbranched alkanes of at least 4 members (excludes halogenated alkanes) is 7. The minimum absolute atomic E-state index is 0.0775. The summed E-state index contributed by atoms with van der Waals surface area (Å²) in [4.78, 5) is 29.9. The SMILES string of the molecule is CCCCCCCCCCOc1ccc(C(=O)Nc2cccc(C(=O)CN3CCN(C)CC3)c2)cc1. The molecule has 1 heterocycles. The molecule has 1 saturated heterocycles. The molecule has 0 radical (unpaired) electrons. The van der Waals surface area contributed by atoms with Gasteiger partial charge in [0, 0.05) is 43.0 Å². The zero-order chi connectivity index (χ0) is 25.6. The highest BCUT2D eigenvalue weighted by molar-refractivity contribution is 6.05.